The van der Waals surface area contributed by atoms with Crippen LogP contribution in [0.2, 0.25) is 0 Å². The molecule has 0 aromatic heterocycles. The minimum atomic E-state index is -0.265. The summed E-state index contributed by atoms with van der Waals surface area (Å²) in [5.74, 6) is 0. The van der Waals surface area contributed by atoms with Crippen LogP contribution in [0, 0.1) is 0 Å². The zero-order valence-electron chi connectivity index (χ0n) is 16.2. The number of ether oxygens (including phenoxy) is 1. The van der Waals surface area contributed by atoms with Gasteiger partial charge in [0.05, 0.1) is 6.10 Å². The molecule has 1 unspecified atom stereocenters. The molecule has 144 valence electrons. The van der Waals surface area contributed by atoms with E-state index in [0.29, 0.717) is 6.04 Å². The average Bonchev–Trinajstić information content (AvgIpc) is 2.63. The smallest absolute Gasteiger partial charge is 0.407 e. The summed E-state index contributed by atoms with van der Waals surface area (Å²) in [7, 11) is 0. The fourth-order valence-corrected chi connectivity index (χ4v) is 4.17. The highest BCUT2D eigenvalue weighted by molar-refractivity contribution is 5.67. The third kappa shape index (κ3) is 5.71. The fraction of sp³-hybridized carbons (Fsp3) is 0.667. The highest BCUT2D eigenvalue weighted by atomic mass is 16.6. The Bertz CT molecular complexity index is 556. The van der Waals surface area contributed by atoms with Crippen molar-refractivity contribution in [3.8, 4) is 0 Å². The second-order valence-corrected chi connectivity index (χ2v) is 7.91. The van der Waals surface area contributed by atoms with Crippen LogP contribution in [0.1, 0.15) is 45.1 Å². The molecule has 1 N–H and O–H groups in total. The van der Waals surface area contributed by atoms with Gasteiger partial charge in [0.25, 0.3) is 0 Å². The summed E-state index contributed by atoms with van der Waals surface area (Å²) in [6.07, 6.45) is 4.21. The lowest BCUT2D eigenvalue weighted by Crippen LogP contribution is -2.53. The molecule has 1 aromatic carbocycles. The first-order valence-electron chi connectivity index (χ1n) is 10.1. The van der Waals surface area contributed by atoms with Gasteiger partial charge in [0.15, 0.2) is 0 Å². The molecule has 1 saturated heterocycles. The second-order valence-electron chi connectivity index (χ2n) is 7.91. The van der Waals surface area contributed by atoms with Crippen LogP contribution in [0.4, 0.5) is 4.79 Å². The van der Waals surface area contributed by atoms with Gasteiger partial charge >= 0.3 is 6.09 Å². The van der Waals surface area contributed by atoms with E-state index < -0.39 is 0 Å². The molecule has 2 fully saturated rings. The van der Waals surface area contributed by atoms with Crippen LogP contribution in [0.5, 0.6) is 0 Å². The molecule has 5 heteroatoms. The van der Waals surface area contributed by atoms with E-state index in [1.165, 1.54) is 18.4 Å². The predicted molar refractivity (Wildman–Crippen MR) is 104 cm³/mol. The maximum atomic E-state index is 11.9. The minimum Gasteiger partial charge on any atom is -0.447 e. The van der Waals surface area contributed by atoms with E-state index in [-0.39, 0.29) is 18.2 Å². The van der Waals surface area contributed by atoms with Gasteiger partial charge in [-0.15, -0.1) is 0 Å². The number of carbonyl (C=O) groups is 1. The molecule has 2 aliphatic rings. The number of piperazine rings is 1. The van der Waals surface area contributed by atoms with Gasteiger partial charge in [-0.2, -0.15) is 0 Å². The van der Waals surface area contributed by atoms with Gasteiger partial charge in [-0.1, -0.05) is 30.3 Å². The van der Waals surface area contributed by atoms with Crippen LogP contribution in [0.3, 0.4) is 0 Å². The summed E-state index contributed by atoms with van der Waals surface area (Å²) < 4.78 is 5.23. The molecule has 1 aromatic rings. The lowest BCUT2D eigenvalue weighted by molar-refractivity contribution is 0.0651. The molecular formula is C21H33N3O2. The molecule has 1 saturated carbocycles. The Morgan fingerprint density at radius 3 is 2.58 bits per heavy atom. The minimum absolute atomic E-state index is 0.0629. The van der Waals surface area contributed by atoms with E-state index in [9.17, 15) is 4.79 Å². The Morgan fingerprint density at radius 1 is 1.15 bits per heavy atom. The number of nitrogens with one attached hydrogen (secondary N) is 1. The SMILES string of the molecule is CC(C)OC(=O)NC1CCC[C@@H](N2CCN(Cc3ccccc3)CC2)C1. The average molecular weight is 360 g/mol. The number of benzene rings is 1. The first-order chi connectivity index (χ1) is 12.6. The van der Waals surface area contributed by atoms with Crippen LogP contribution in [0.25, 0.3) is 0 Å². The summed E-state index contributed by atoms with van der Waals surface area (Å²) in [5.41, 5.74) is 1.39. The van der Waals surface area contributed by atoms with Crippen molar-refractivity contribution >= 4 is 6.09 Å². The van der Waals surface area contributed by atoms with Crippen LogP contribution in [-0.4, -0.2) is 60.3 Å². The molecule has 1 heterocycles. The van der Waals surface area contributed by atoms with Crippen LogP contribution < -0.4 is 5.32 Å². The van der Waals surface area contributed by atoms with Gasteiger partial charge < -0.3 is 10.1 Å². The van der Waals surface area contributed by atoms with E-state index in [4.69, 9.17) is 4.74 Å². The van der Waals surface area contributed by atoms with Crippen LogP contribution in [0.15, 0.2) is 30.3 Å². The Kier molecular flexibility index (Phi) is 6.92. The van der Waals surface area contributed by atoms with E-state index in [0.717, 1.165) is 45.6 Å². The quantitative estimate of drug-likeness (QED) is 0.876. The van der Waals surface area contributed by atoms with Crippen LogP contribution >= 0.6 is 0 Å². The summed E-state index contributed by atoms with van der Waals surface area (Å²) >= 11 is 0. The maximum absolute atomic E-state index is 11.9. The third-order valence-corrected chi connectivity index (χ3v) is 5.48. The third-order valence-electron chi connectivity index (χ3n) is 5.48. The second kappa shape index (κ2) is 9.38. The lowest BCUT2D eigenvalue weighted by atomic mass is 9.89. The Morgan fingerprint density at radius 2 is 1.88 bits per heavy atom. The van der Waals surface area contributed by atoms with Crippen molar-refractivity contribution in [2.45, 2.75) is 64.3 Å². The normalized spacial score (nSPS) is 25.2. The molecule has 1 amide bonds. The topological polar surface area (TPSA) is 44.8 Å². The Labute approximate surface area is 157 Å². The number of nitrogens with zero attached hydrogens (tertiary/aromatic N) is 2. The monoisotopic (exact) mass is 359 g/mol. The van der Waals surface area contributed by atoms with Gasteiger partial charge in [0.1, 0.15) is 0 Å². The van der Waals surface area contributed by atoms with Crippen molar-refractivity contribution < 1.29 is 9.53 Å². The van der Waals surface area contributed by atoms with Gasteiger partial charge in [0, 0.05) is 44.8 Å². The molecule has 2 atom stereocenters. The van der Waals surface area contributed by atoms with E-state index in [1.54, 1.807) is 0 Å². The standard InChI is InChI=1S/C21H33N3O2/c1-17(2)26-21(25)22-19-9-6-10-20(15-19)24-13-11-23(12-14-24)16-18-7-4-3-5-8-18/h3-5,7-8,17,19-20H,6,9-16H2,1-2H3,(H,22,25)/t19?,20-/m1/s1. The molecule has 1 aliphatic carbocycles. The maximum Gasteiger partial charge on any atom is 0.407 e. The van der Waals surface area contributed by atoms with Crippen molar-refractivity contribution in [2.75, 3.05) is 26.2 Å². The molecule has 5 nitrogen and oxygen atoms in total. The number of alkyl carbamates (subject to hydrolysis) is 1. The molecular weight excluding hydrogens is 326 g/mol. The highest BCUT2D eigenvalue weighted by Crippen LogP contribution is 2.24. The van der Waals surface area contributed by atoms with Crippen molar-refractivity contribution in [2.24, 2.45) is 0 Å². The highest BCUT2D eigenvalue weighted by Gasteiger charge is 2.30. The molecule has 1 aliphatic heterocycles. The van der Waals surface area contributed by atoms with Gasteiger partial charge in [-0.05, 0) is 45.1 Å². The summed E-state index contributed by atoms with van der Waals surface area (Å²) in [6, 6.07) is 11.6. The van der Waals surface area contributed by atoms with Crippen molar-refractivity contribution in [3.05, 3.63) is 35.9 Å². The molecule has 0 spiro atoms. The number of rotatable bonds is 5. The number of amides is 1. The van der Waals surface area contributed by atoms with E-state index in [1.807, 2.05) is 13.8 Å². The van der Waals surface area contributed by atoms with Crippen molar-refractivity contribution in [1.29, 1.82) is 0 Å². The molecule has 3 rings (SSSR count). The zero-order valence-corrected chi connectivity index (χ0v) is 16.2. The lowest BCUT2D eigenvalue weighted by Gasteiger charge is -2.42. The first-order valence-corrected chi connectivity index (χ1v) is 10.1. The van der Waals surface area contributed by atoms with E-state index >= 15 is 0 Å². The fourth-order valence-electron chi connectivity index (χ4n) is 4.17. The van der Waals surface area contributed by atoms with Gasteiger partial charge in [0.2, 0.25) is 0 Å². The molecule has 0 radical (unpaired) electrons. The number of hydrogen-bond donors (Lipinski definition) is 1. The van der Waals surface area contributed by atoms with Crippen LogP contribution in [-0.2, 0) is 11.3 Å². The molecule has 0 bridgehead atoms. The number of hydrogen-bond acceptors (Lipinski definition) is 4. The Balaban J connectivity index is 1.43. The van der Waals surface area contributed by atoms with Crippen molar-refractivity contribution in [1.82, 2.24) is 15.1 Å². The summed E-state index contributed by atoms with van der Waals surface area (Å²) in [6.45, 7) is 9.32. The van der Waals surface area contributed by atoms with Gasteiger partial charge in [-0.25, -0.2) is 4.79 Å². The van der Waals surface area contributed by atoms with E-state index in [2.05, 4.69) is 45.4 Å². The summed E-state index contributed by atoms with van der Waals surface area (Å²) in [4.78, 5) is 17.0. The number of carbonyl (C=O) groups excluding carboxylic acids is 1. The molecule has 26 heavy (non-hydrogen) atoms. The van der Waals surface area contributed by atoms with Crippen molar-refractivity contribution in [3.63, 3.8) is 0 Å². The summed E-state index contributed by atoms with van der Waals surface area (Å²) in [5, 5.41) is 3.06. The first kappa shape index (κ1) is 19.2. The van der Waals surface area contributed by atoms with Gasteiger partial charge in [-0.3, -0.25) is 9.80 Å². The zero-order chi connectivity index (χ0) is 18.4. The predicted octanol–water partition coefficient (Wildman–Crippen LogP) is 3.25. The Hall–Kier alpha value is -1.59. The largest absolute Gasteiger partial charge is 0.447 e.